The third-order valence-electron chi connectivity index (χ3n) is 4.87. The number of rotatable bonds is 5. The lowest BCUT2D eigenvalue weighted by Gasteiger charge is -2.22. The van der Waals surface area contributed by atoms with Crippen LogP contribution in [0.4, 0.5) is 19.3 Å². The van der Waals surface area contributed by atoms with Crippen molar-refractivity contribution >= 4 is 29.4 Å². The predicted molar refractivity (Wildman–Crippen MR) is 107 cm³/mol. The standard InChI is InChI=1S/C21H20F2N4O4/c1-21(15-10-13(22)6-9-16(15)23)19(30)27(20(31)25-21)11-17(28)24-14-7-4-12(5-8-14)18(29)26(2)3/h4-10H,11H2,1-3H3,(H,24,28)(H,25,31). The van der Waals surface area contributed by atoms with Gasteiger partial charge in [-0.2, -0.15) is 0 Å². The molecule has 0 aromatic heterocycles. The Morgan fingerprint density at radius 1 is 1.10 bits per heavy atom. The van der Waals surface area contributed by atoms with Gasteiger partial charge in [-0.1, -0.05) is 0 Å². The van der Waals surface area contributed by atoms with E-state index in [-0.39, 0.29) is 11.5 Å². The van der Waals surface area contributed by atoms with Crippen molar-refractivity contribution in [1.82, 2.24) is 15.1 Å². The maximum Gasteiger partial charge on any atom is 0.325 e. The Bertz CT molecular complexity index is 1070. The summed E-state index contributed by atoms with van der Waals surface area (Å²) in [6.45, 7) is 0.610. The second kappa shape index (κ2) is 8.13. The summed E-state index contributed by atoms with van der Waals surface area (Å²) in [5.74, 6) is -3.41. The van der Waals surface area contributed by atoms with Crippen molar-refractivity contribution in [2.75, 3.05) is 26.0 Å². The number of hydrogen-bond donors (Lipinski definition) is 2. The van der Waals surface area contributed by atoms with Gasteiger partial charge in [0.2, 0.25) is 5.91 Å². The maximum absolute atomic E-state index is 14.2. The Morgan fingerprint density at radius 3 is 2.35 bits per heavy atom. The molecule has 10 heteroatoms. The lowest BCUT2D eigenvalue weighted by molar-refractivity contribution is -0.133. The number of benzene rings is 2. The summed E-state index contributed by atoms with van der Waals surface area (Å²) in [5, 5.41) is 4.84. The van der Waals surface area contributed by atoms with Crippen LogP contribution in [0, 0.1) is 11.6 Å². The van der Waals surface area contributed by atoms with Crippen molar-refractivity contribution in [2.24, 2.45) is 0 Å². The molecule has 2 aromatic carbocycles. The molecule has 5 amide bonds. The van der Waals surface area contributed by atoms with Crippen molar-refractivity contribution < 1.29 is 28.0 Å². The number of carbonyl (C=O) groups is 4. The van der Waals surface area contributed by atoms with Crippen LogP contribution in [0.3, 0.4) is 0 Å². The molecule has 1 saturated heterocycles. The number of hydrogen-bond acceptors (Lipinski definition) is 4. The molecule has 1 aliphatic heterocycles. The smallest absolute Gasteiger partial charge is 0.325 e. The van der Waals surface area contributed by atoms with Crippen LogP contribution < -0.4 is 10.6 Å². The average molecular weight is 430 g/mol. The molecule has 0 saturated carbocycles. The van der Waals surface area contributed by atoms with Crippen LogP contribution in [-0.2, 0) is 15.1 Å². The van der Waals surface area contributed by atoms with Crippen LogP contribution in [0.2, 0.25) is 0 Å². The lowest BCUT2D eigenvalue weighted by Crippen LogP contribution is -2.42. The Balaban J connectivity index is 1.72. The number of anilines is 1. The molecule has 8 nitrogen and oxygen atoms in total. The zero-order valence-corrected chi connectivity index (χ0v) is 17.0. The molecule has 3 rings (SSSR count). The molecule has 31 heavy (non-hydrogen) atoms. The van der Waals surface area contributed by atoms with Crippen molar-refractivity contribution in [1.29, 1.82) is 0 Å². The second-order valence-corrected chi connectivity index (χ2v) is 7.40. The number of amides is 5. The first-order valence-electron chi connectivity index (χ1n) is 9.24. The summed E-state index contributed by atoms with van der Waals surface area (Å²) in [6, 6.07) is 7.73. The number of nitrogens with one attached hydrogen (secondary N) is 2. The van der Waals surface area contributed by atoms with Gasteiger partial charge in [0.05, 0.1) is 0 Å². The molecular weight excluding hydrogens is 410 g/mol. The highest BCUT2D eigenvalue weighted by Gasteiger charge is 2.50. The number of imide groups is 1. The van der Waals surface area contributed by atoms with E-state index in [0.717, 1.165) is 18.2 Å². The fourth-order valence-corrected chi connectivity index (χ4v) is 3.20. The summed E-state index contributed by atoms with van der Waals surface area (Å²) in [7, 11) is 3.22. The quantitative estimate of drug-likeness (QED) is 0.710. The van der Waals surface area contributed by atoms with Gasteiger partial charge in [-0.15, -0.1) is 0 Å². The fraction of sp³-hybridized carbons (Fsp3) is 0.238. The average Bonchev–Trinajstić information content (AvgIpc) is 2.93. The molecule has 1 heterocycles. The molecule has 1 fully saturated rings. The highest BCUT2D eigenvalue weighted by atomic mass is 19.1. The predicted octanol–water partition coefficient (Wildman–Crippen LogP) is 2.07. The first-order valence-corrected chi connectivity index (χ1v) is 9.24. The van der Waals surface area contributed by atoms with E-state index in [1.54, 1.807) is 14.1 Å². The molecule has 1 atom stereocenters. The van der Waals surface area contributed by atoms with Gasteiger partial charge >= 0.3 is 6.03 Å². The van der Waals surface area contributed by atoms with E-state index < -0.39 is 41.6 Å². The van der Waals surface area contributed by atoms with E-state index in [0.29, 0.717) is 16.2 Å². The minimum atomic E-state index is -1.85. The number of nitrogens with zero attached hydrogens (tertiary/aromatic N) is 2. The van der Waals surface area contributed by atoms with Crippen molar-refractivity contribution in [2.45, 2.75) is 12.5 Å². The molecule has 1 unspecified atom stereocenters. The van der Waals surface area contributed by atoms with Crippen molar-refractivity contribution in [3.8, 4) is 0 Å². The summed E-state index contributed by atoms with van der Waals surface area (Å²) >= 11 is 0. The van der Waals surface area contributed by atoms with E-state index in [2.05, 4.69) is 10.6 Å². The van der Waals surface area contributed by atoms with E-state index in [1.165, 1.54) is 36.1 Å². The highest BCUT2D eigenvalue weighted by Crippen LogP contribution is 2.31. The molecule has 1 aliphatic rings. The molecule has 0 radical (unpaired) electrons. The van der Waals surface area contributed by atoms with Crippen molar-refractivity contribution in [3.05, 3.63) is 65.2 Å². The number of carbonyl (C=O) groups excluding carboxylic acids is 4. The van der Waals surface area contributed by atoms with Crippen LogP contribution in [0.15, 0.2) is 42.5 Å². The van der Waals surface area contributed by atoms with Crippen LogP contribution in [0.25, 0.3) is 0 Å². The zero-order valence-electron chi connectivity index (χ0n) is 17.0. The Kier molecular flexibility index (Phi) is 5.74. The first kappa shape index (κ1) is 21.9. The summed E-state index contributed by atoms with van der Waals surface area (Å²) in [5.41, 5.74) is -1.41. The normalized spacial score (nSPS) is 18.0. The van der Waals surface area contributed by atoms with Gasteiger partial charge in [0, 0.05) is 30.9 Å². The monoisotopic (exact) mass is 430 g/mol. The molecular formula is C21H20F2N4O4. The van der Waals surface area contributed by atoms with Crippen LogP contribution in [-0.4, -0.2) is 54.2 Å². The first-order chi connectivity index (χ1) is 14.5. The topological polar surface area (TPSA) is 98.8 Å². The van der Waals surface area contributed by atoms with Gasteiger partial charge in [-0.05, 0) is 49.4 Å². The van der Waals surface area contributed by atoms with E-state index in [1.807, 2.05) is 0 Å². The Labute approximate surface area is 176 Å². The fourth-order valence-electron chi connectivity index (χ4n) is 3.20. The zero-order chi connectivity index (χ0) is 22.9. The van der Waals surface area contributed by atoms with E-state index in [4.69, 9.17) is 0 Å². The molecule has 0 bridgehead atoms. The maximum atomic E-state index is 14.2. The molecule has 0 spiro atoms. The third-order valence-corrected chi connectivity index (χ3v) is 4.87. The molecule has 2 aromatic rings. The van der Waals surface area contributed by atoms with Gasteiger partial charge < -0.3 is 15.5 Å². The van der Waals surface area contributed by atoms with Gasteiger partial charge in [0.15, 0.2) is 0 Å². The Hall–Kier alpha value is -3.82. The minimum Gasteiger partial charge on any atom is -0.345 e. The van der Waals surface area contributed by atoms with Gasteiger partial charge in [-0.3, -0.25) is 19.3 Å². The molecule has 0 aliphatic carbocycles. The third kappa shape index (κ3) is 4.23. The molecule has 162 valence electrons. The second-order valence-electron chi connectivity index (χ2n) is 7.40. The molecule has 2 N–H and O–H groups in total. The van der Waals surface area contributed by atoms with Crippen LogP contribution >= 0.6 is 0 Å². The summed E-state index contributed by atoms with van der Waals surface area (Å²) < 4.78 is 27.8. The van der Waals surface area contributed by atoms with Crippen LogP contribution in [0.1, 0.15) is 22.8 Å². The summed E-state index contributed by atoms with van der Waals surface area (Å²) in [6.07, 6.45) is 0. The van der Waals surface area contributed by atoms with Gasteiger partial charge in [0.1, 0.15) is 23.7 Å². The van der Waals surface area contributed by atoms with Gasteiger partial charge in [-0.25, -0.2) is 13.6 Å². The summed E-state index contributed by atoms with van der Waals surface area (Å²) in [4.78, 5) is 51.4. The largest absolute Gasteiger partial charge is 0.345 e. The van der Waals surface area contributed by atoms with Crippen molar-refractivity contribution in [3.63, 3.8) is 0 Å². The number of urea groups is 1. The Morgan fingerprint density at radius 2 is 1.74 bits per heavy atom. The SMILES string of the molecule is CN(C)C(=O)c1ccc(NC(=O)CN2C(=O)NC(C)(c3cc(F)ccc3F)C2=O)cc1. The van der Waals surface area contributed by atoms with Crippen LogP contribution in [0.5, 0.6) is 0 Å². The highest BCUT2D eigenvalue weighted by molar-refractivity contribution is 6.10. The van der Waals surface area contributed by atoms with E-state index in [9.17, 15) is 28.0 Å². The van der Waals surface area contributed by atoms with E-state index >= 15 is 0 Å². The lowest BCUT2D eigenvalue weighted by atomic mass is 9.91. The van der Waals surface area contributed by atoms with Gasteiger partial charge in [0.25, 0.3) is 11.8 Å². The number of halogens is 2. The minimum absolute atomic E-state index is 0.207.